The smallest absolute Gasteiger partial charge is 0.241 e. The second kappa shape index (κ2) is 7.45. The Morgan fingerprint density at radius 2 is 1.86 bits per heavy atom. The van der Waals surface area contributed by atoms with Gasteiger partial charge in [-0.25, -0.2) is 0 Å². The minimum absolute atomic E-state index is 0.0740. The quantitative estimate of drug-likeness (QED) is 0.738. The Hall–Kier alpha value is -2.57. The van der Waals surface area contributed by atoms with Crippen LogP contribution in [-0.4, -0.2) is 49.3 Å². The number of hydrogen-bond acceptors (Lipinski definition) is 5. The number of hydrogen-bond donors (Lipinski definition) is 1. The van der Waals surface area contributed by atoms with E-state index in [0.29, 0.717) is 11.4 Å². The number of furan rings is 1. The number of rotatable bonds is 4. The lowest BCUT2D eigenvalue weighted by Gasteiger charge is -2.38. The molecule has 1 N–H and O–H groups in total. The van der Waals surface area contributed by atoms with E-state index in [4.69, 9.17) is 13.9 Å². The topological polar surface area (TPSA) is 63.9 Å². The van der Waals surface area contributed by atoms with Crippen molar-refractivity contribution in [3.05, 3.63) is 36.4 Å². The van der Waals surface area contributed by atoms with E-state index in [-0.39, 0.29) is 24.2 Å². The molecule has 3 aromatic rings. The van der Waals surface area contributed by atoms with Crippen molar-refractivity contribution in [3.63, 3.8) is 0 Å². The van der Waals surface area contributed by atoms with Crippen LogP contribution in [0.5, 0.6) is 5.75 Å². The van der Waals surface area contributed by atoms with E-state index in [1.807, 2.05) is 57.2 Å². The third kappa shape index (κ3) is 3.45. The third-order valence-electron chi connectivity index (χ3n) is 5.33. The Morgan fingerprint density at radius 1 is 1.14 bits per heavy atom. The molecule has 1 fully saturated rings. The summed E-state index contributed by atoms with van der Waals surface area (Å²) in [5.41, 5.74) is 2.14. The van der Waals surface area contributed by atoms with Gasteiger partial charge in [-0.15, -0.1) is 0 Å². The molecule has 4 rings (SSSR count). The number of carbonyl (C=O) groups excluding carboxylic acids is 1. The highest BCUT2D eigenvalue weighted by Crippen LogP contribution is 2.36. The summed E-state index contributed by atoms with van der Waals surface area (Å²) >= 11 is 0. The largest absolute Gasteiger partial charge is 0.495 e. The fourth-order valence-corrected chi connectivity index (χ4v) is 3.95. The predicted octanol–water partition coefficient (Wildman–Crippen LogP) is 4.03. The number of fused-ring (bicyclic) bond motifs is 3. The average molecular weight is 382 g/mol. The molecule has 0 unspecified atom stereocenters. The van der Waals surface area contributed by atoms with Crippen molar-refractivity contribution in [1.29, 1.82) is 0 Å². The molecule has 6 nitrogen and oxygen atoms in total. The van der Waals surface area contributed by atoms with Gasteiger partial charge in [-0.05, 0) is 32.9 Å². The molecule has 0 saturated carbocycles. The summed E-state index contributed by atoms with van der Waals surface area (Å²) < 4.78 is 17.3. The van der Waals surface area contributed by atoms with Gasteiger partial charge in [0.1, 0.15) is 16.9 Å². The summed E-state index contributed by atoms with van der Waals surface area (Å²) in [4.78, 5) is 15.1. The van der Waals surface area contributed by atoms with Crippen molar-refractivity contribution in [1.82, 2.24) is 4.90 Å². The van der Waals surface area contributed by atoms with Gasteiger partial charge in [-0.1, -0.05) is 18.2 Å². The van der Waals surface area contributed by atoms with Crippen molar-refractivity contribution < 1.29 is 18.7 Å². The minimum Gasteiger partial charge on any atom is -0.495 e. The molecule has 1 aliphatic heterocycles. The molecule has 6 heteroatoms. The highest BCUT2D eigenvalue weighted by Gasteiger charge is 2.29. The Labute approximate surface area is 164 Å². The predicted molar refractivity (Wildman–Crippen MR) is 110 cm³/mol. The number of ether oxygens (including phenoxy) is 2. The summed E-state index contributed by atoms with van der Waals surface area (Å²) in [5.74, 6) is 0.540. The van der Waals surface area contributed by atoms with Gasteiger partial charge in [0.05, 0.1) is 31.0 Å². The maximum absolute atomic E-state index is 12.9. The lowest BCUT2D eigenvalue weighted by molar-refractivity contribution is -0.126. The minimum atomic E-state index is -0.273. The molecule has 1 aliphatic rings. The van der Waals surface area contributed by atoms with Crippen LogP contribution >= 0.6 is 0 Å². The van der Waals surface area contributed by atoms with Crippen LogP contribution in [0.4, 0.5) is 5.69 Å². The molecule has 0 bridgehead atoms. The van der Waals surface area contributed by atoms with Crippen LogP contribution in [0.1, 0.15) is 20.8 Å². The number of amides is 1. The number of nitrogens with one attached hydrogen (secondary N) is 1. The van der Waals surface area contributed by atoms with E-state index in [1.165, 1.54) is 0 Å². The van der Waals surface area contributed by atoms with Gasteiger partial charge in [-0.2, -0.15) is 0 Å². The molecule has 0 aliphatic carbocycles. The Balaban J connectivity index is 1.61. The highest BCUT2D eigenvalue weighted by atomic mass is 16.5. The molecule has 1 saturated heterocycles. The zero-order valence-electron chi connectivity index (χ0n) is 16.7. The Morgan fingerprint density at radius 3 is 2.57 bits per heavy atom. The number of nitrogens with zero attached hydrogens (tertiary/aromatic N) is 1. The van der Waals surface area contributed by atoms with Crippen molar-refractivity contribution in [3.8, 4) is 5.75 Å². The number of anilines is 1. The van der Waals surface area contributed by atoms with Crippen LogP contribution in [-0.2, 0) is 9.53 Å². The number of benzene rings is 2. The molecule has 28 heavy (non-hydrogen) atoms. The van der Waals surface area contributed by atoms with E-state index in [9.17, 15) is 4.79 Å². The van der Waals surface area contributed by atoms with E-state index in [2.05, 4.69) is 10.2 Å². The summed E-state index contributed by atoms with van der Waals surface area (Å²) in [6.07, 6.45) is 0.223. The van der Waals surface area contributed by atoms with Crippen molar-refractivity contribution in [2.45, 2.75) is 39.0 Å². The molecule has 0 radical (unpaired) electrons. The van der Waals surface area contributed by atoms with Crippen molar-refractivity contribution in [2.75, 3.05) is 25.5 Å². The Bertz CT molecular complexity index is 1000. The second-order valence-corrected chi connectivity index (χ2v) is 7.52. The summed E-state index contributed by atoms with van der Waals surface area (Å²) in [7, 11) is 1.61. The van der Waals surface area contributed by atoms with Crippen molar-refractivity contribution >= 4 is 33.5 Å². The lowest BCUT2D eigenvalue weighted by atomic mass is 10.1. The molecular weight excluding hydrogens is 356 g/mol. The molecule has 1 amide bonds. The molecular formula is C22H26N2O4. The summed E-state index contributed by atoms with van der Waals surface area (Å²) in [5, 5.41) is 5.01. The molecule has 0 spiro atoms. The van der Waals surface area contributed by atoms with E-state index in [0.717, 1.165) is 35.0 Å². The van der Waals surface area contributed by atoms with Crippen LogP contribution in [0, 0.1) is 0 Å². The molecule has 1 aromatic heterocycles. The zero-order valence-corrected chi connectivity index (χ0v) is 16.7. The van der Waals surface area contributed by atoms with Crippen LogP contribution in [0.2, 0.25) is 0 Å². The number of carbonyl (C=O) groups is 1. The first-order chi connectivity index (χ1) is 13.5. The zero-order chi connectivity index (χ0) is 19.8. The van der Waals surface area contributed by atoms with Crippen LogP contribution in [0.15, 0.2) is 40.8 Å². The van der Waals surface area contributed by atoms with Crippen LogP contribution in [0.3, 0.4) is 0 Å². The molecule has 3 atom stereocenters. The van der Waals surface area contributed by atoms with Crippen molar-refractivity contribution in [2.24, 2.45) is 0 Å². The number of methoxy groups -OCH3 is 1. The number of para-hydroxylation sites is 1. The van der Waals surface area contributed by atoms with Crippen LogP contribution < -0.4 is 10.1 Å². The average Bonchev–Trinajstić information content (AvgIpc) is 3.03. The molecule has 2 aromatic carbocycles. The standard InChI is InChI=1S/C22H26N2O4/c1-13-11-24(12-14(2)27-13)15(3)22(25)23-18-10-20-17(9-21(18)26-4)16-7-5-6-8-19(16)28-20/h5-10,13-15H,11-12H2,1-4H3,(H,23,25)/t13-,14+,15-/m0/s1. The van der Waals surface area contributed by atoms with E-state index < -0.39 is 0 Å². The Kier molecular flexibility index (Phi) is 5.00. The normalized spacial score (nSPS) is 21.7. The number of morpholine rings is 1. The maximum atomic E-state index is 12.9. The monoisotopic (exact) mass is 382 g/mol. The van der Waals surface area contributed by atoms with Gasteiger partial charge in [0.2, 0.25) is 5.91 Å². The summed E-state index contributed by atoms with van der Waals surface area (Å²) in [6, 6.07) is 11.3. The second-order valence-electron chi connectivity index (χ2n) is 7.52. The van der Waals surface area contributed by atoms with Gasteiger partial charge in [0.15, 0.2) is 0 Å². The maximum Gasteiger partial charge on any atom is 0.241 e. The van der Waals surface area contributed by atoms with Gasteiger partial charge in [0, 0.05) is 29.9 Å². The van der Waals surface area contributed by atoms with Gasteiger partial charge >= 0.3 is 0 Å². The van der Waals surface area contributed by atoms with E-state index >= 15 is 0 Å². The lowest BCUT2D eigenvalue weighted by Crippen LogP contribution is -2.52. The van der Waals surface area contributed by atoms with Gasteiger partial charge in [0.25, 0.3) is 0 Å². The van der Waals surface area contributed by atoms with Crippen LogP contribution in [0.25, 0.3) is 21.9 Å². The fourth-order valence-electron chi connectivity index (χ4n) is 3.95. The van der Waals surface area contributed by atoms with E-state index in [1.54, 1.807) is 7.11 Å². The SMILES string of the molecule is COc1cc2c(cc1NC(=O)[C@H](C)N1C[C@@H](C)O[C@@H](C)C1)oc1ccccc12. The molecule has 2 heterocycles. The fraction of sp³-hybridized carbons (Fsp3) is 0.409. The molecule has 148 valence electrons. The summed E-state index contributed by atoms with van der Waals surface area (Å²) in [6.45, 7) is 7.46. The third-order valence-corrected chi connectivity index (χ3v) is 5.33. The van der Waals surface area contributed by atoms with Gasteiger partial charge < -0.3 is 19.2 Å². The highest BCUT2D eigenvalue weighted by molar-refractivity contribution is 6.08. The first-order valence-corrected chi connectivity index (χ1v) is 9.66. The first-order valence-electron chi connectivity index (χ1n) is 9.66. The first kappa shape index (κ1) is 18.8. The van der Waals surface area contributed by atoms with Gasteiger partial charge in [-0.3, -0.25) is 9.69 Å².